The minimum absolute atomic E-state index is 0.376. The van der Waals surface area contributed by atoms with E-state index < -0.39 is 5.97 Å². The van der Waals surface area contributed by atoms with Crippen molar-refractivity contribution >= 4 is 5.97 Å². The Morgan fingerprint density at radius 3 is 2.70 bits per heavy atom. The van der Waals surface area contributed by atoms with E-state index in [2.05, 4.69) is 36.1 Å². The Bertz CT molecular complexity index is 664. The molecule has 1 heterocycles. The summed E-state index contributed by atoms with van der Waals surface area (Å²) >= 11 is 0. The van der Waals surface area contributed by atoms with E-state index in [1.165, 1.54) is 16.7 Å². The van der Waals surface area contributed by atoms with Crippen LogP contribution in [0.15, 0.2) is 42.5 Å². The average molecular weight is 267 g/mol. The molecule has 0 unspecified atom stereocenters. The molecule has 2 aromatic carbocycles. The summed E-state index contributed by atoms with van der Waals surface area (Å²) in [6.45, 7) is 4.72. The molecule has 0 radical (unpaired) electrons. The fourth-order valence-electron chi connectivity index (χ4n) is 2.78. The highest BCUT2D eigenvalue weighted by Gasteiger charge is 2.20. The molecule has 1 aliphatic rings. The van der Waals surface area contributed by atoms with E-state index in [1.807, 2.05) is 6.07 Å². The summed E-state index contributed by atoms with van der Waals surface area (Å²) in [7, 11) is 0. The lowest BCUT2D eigenvalue weighted by Crippen LogP contribution is -2.15. The topological polar surface area (TPSA) is 40.5 Å². The smallest absolute Gasteiger partial charge is 0.335 e. The van der Waals surface area contributed by atoms with E-state index >= 15 is 0 Å². The van der Waals surface area contributed by atoms with Crippen molar-refractivity contribution in [3.8, 4) is 0 Å². The largest absolute Gasteiger partial charge is 0.478 e. The lowest BCUT2D eigenvalue weighted by Gasteiger charge is -2.15. The average Bonchev–Trinajstić information content (AvgIpc) is 2.79. The third-order valence-electron chi connectivity index (χ3n) is 3.73. The highest BCUT2D eigenvalue weighted by molar-refractivity contribution is 5.87. The molecular formula is C17H17NO2. The first-order chi connectivity index (χ1) is 9.61. The normalized spacial score (nSPS) is 14.2. The molecule has 102 valence electrons. The van der Waals surface area contributed by atoms with Crippen LogP contribution in [0.4, 0.5) is 0 Å². The van der Waals surface area contributed by atoms with Gasteiger partial charge in [0.1, 0.15) is 0 Å². The molecule has 2 aromatic rings. The summed E-state index contributed by atoms with van der Waals surface area (Å²) in [5.41, 5.74) is 5.32. The van der Waals surface area contributed by atoms with Crippen LogP contribution in [-0.4, -0.2) is 16.0 Å². The zero-order valence-electron chi connectivity index (χ0n) is 11.5. The molecule has 1 aliphatic heterocycles. The Kier molecular flexibility index (Phi) is 3.28. The van der Waals surface area contributed by atoms with Crippen LogP contribution in [0, 0.1) is 6.92 Å². The molecule has 0 fully saturated rings. The number of hydrogen-bond donors (Lipinski definition) is 1. The number of hydrogen-bond acceptors (Lipinski definition) is 2. The van der Waals surface area contributed by atoms with Gasteiger partial charge in [-0.25, -0.2) is 4.79 Å². The number of nitrogens with zero attached hydrogens (tertiary/aromatic N) is 1. The summed E-state index contributed by atoms with van der Waals surface area (Å²) in [5, 5.41) is 9.03. The molecule has 3 heteroatoms. The van der Waals surface area contributed by atoms with Gasteiger partial charge in [-0.15, -0.1) is 0 Å². The van der Waals surface area contributed by atoms with Crippen molar-refractivity contribution in [1.29, 1.82) is 0 Å². The standard InChI is InChI=1S/C17H17NO2/c1-12-3-2-4-13(7-12)9-18-10-15-6-5-14(17(19)20)8-16(15)11-18/h2-8H,9-11H2,1H3,(H,19,20). The molecule has 0 bridgehead atoms. The molecule has 1 N–H and O–H groups in total. The van der Waals surface area contributed by atoms with Crippen LogP contribution in [0.25, 0.3) is 0 Å². The van der Waals surface area contributed by atoms with E-state index in [0.29, 0.717) is 5.56 Å². The van der Waals surface area contributed by atoms with Gasteiger partial charge in [-0.2, -0.15) is 0 Å². The monoisotopic (exact) mass is 267 g/mol. The van der Waals surface area contributed by atoms with Crippen LogP contribution in [0.3, 0.4) is 0 Å². The first-order valence-corrected chi connectivity index (χ1v) is 6.75. The quantitative estimate of drug-likeness (QED) is 0.928. The Hall–Kier alpha value is -2.13. The van der Waals surface area contributed by atoms with Crippen molar-refractivity contribution in [2.45, 2.75) is 26.6 Å². The van der Waals surface area contributed by atoms with E-state index in [0.717, 1.165) is 25.2 Å². The molecule has 0 saturated carbocycles. The summed E-state index contributed by atoms with van der Waals surface area (Å²) in [5.74, 6) is -0.857. The van der Waals surface area contributed by atoms with E-state index in [4.69, 9.17) is 5.11 Å². The Labute approximate surface area is 118 Å². The van der Waals surface area contributed by atoms with Gasteiger partial charge in [0, 0.05) is 19.6 Å². The first kappa shape index (κ1) is 12.9. The summed E-state index contributed by atoms with van der Waals surface area (Å²) in [6, 6.07) is 13.9. The molecule has 0 atom stereocenters. The maximum absolute atomic E-state index is 11.0. The van der Waals surface area contributed by atoms with Gasteiger partial charge in [-0.05, 0) is 35.7 Å². The molecule has 0 aliphatic carbocycles. The van der Waals surface area contributed by atoms with Gasteiger partial charge in [-0.1, -0.05) is 35.9 Å². The van der Waals surface area contributed by atoms with Gasteiger partial charge in [0.25, 0.3) is 0 Å². The molecule has 0 spiro atoms. The third kappa shape index (κ3) is 2.58. The second-order valence-electron chi connectivity index (χ2n) is 5.42. The van der Waals surface area contributed by atoms with Crippen molar-refractivity contribution in [1.82, 2.24) is 4.90 Å². The van der Waals surface area contributed by atoms with Crippen LogP contribution >= 0.6 is 0 Å². The lowest BCUT2D eigenvalue weighted by atomic mass is 10.1. The van der Waals surface area contributed by atoms with Gasteiger partial charge in [0.15, 0.2) is 0 Å². The molecule has 0 amide bonds. The Morgan fingerprint density at radius 1 is 1.15 bits per heavy atom. The van der Waals surface area contributed by atoms with Crippen LogP contribution in [0.2, 0.25) is 0 Å². The number of benzene rings is 2. The highest BCUT2D eigenvalue weighted by atomic mass is 16.4. The fraction of sp³-hybridized carbons (Fsp3) is 0.235. The van der Waals surface area contributed by atoms with Crippen molar-refractivity contribution < 1.29 is 9.90 Å². The Morgan fingerprint density at radius 2 is 1.95 bits per heavy atom. The Balaban J connectivity index is 1.75. The minimum Gasteiger partial charge on any atom is -0.478 e. The number of aryl methyl sites for hydroxylation is 1. The number of carboxylic acids is 1. The van der Waals surface area contributed by atoms with Crippen molar-refractivity contribution in [3.63, 3.8) is 0 Å². The lowest BCUT2D eigenvalue weighted by molar-refractivity contribution is 0.0696. The number of rotatable bonds is 3. The molecular weight excluding hydrogens is 250 g/mol. The van der Waals surface area contributed by atoms with Crippen LogP contribution in [0.1, 0.15) is 32.6 Å². The molecule has 0 saturated heterocycles. The number of carbonyl (C=O) groups is 1. The van der Waals surface area contributed by atoms with E-state index in [-0.39, 0.29) is 0 Å². The van der Waals surface area contributed by atoms with Crippen molar-refractivity contribution in [2.75, 3.05) is 0 Å². The maximum atomic E-state index is 11.0. The predicted molar refractivity (Wildman–Crippen MR) is 77.5 cm³/mol. The second-order valence-corrected chi connectivity index (χ2v) is 5.42. The van der Waals surface area contributed by atoms with Gasteiger partial charge in [-0.3, -0.25) is 4.90 Å². The second kappa shape index (κ2) is 5.10. The summed E-state index contributed by atoms with van der Waals surface area (Å²) in [6.07, 6.45) is 0. The van der Waals surface area contributed by atoms with Gasteiger partial charge < -0.3 is 5.11 Å². The third-order valence-corrected chi connectivity index (χ3v) is 3.73. The zero-order chi connectivity index (χ0) is 14.1. The fourth-order valence-corrected chi connectivity index (χ4v) is 2.78. The molecule has 3 rings (SSSR count). The number of carboxylic acid groups (broad SMARTS) is 1. The van der Waals surface area contributed by atoms with Crippen LogP contribution in [0.5, 0.6) is 0 Å². The predicted octanol–water partition coefficient (Wildman–Crippen LogP) is 3.21. The SMILES string of the molecule is Cc1cccc(CN2Cc3ccc(C(=O)O)cc3C2)c1. The summed E-state index contributed by atoms with van der Waals surface area (Å²) < 4.78 is 0. The van der Waals surface area contributed by atoms with Gasteiger partial charge in [0.2, 0.25) is 0 Å². The molecule has 20 heavy (non-hydrogen) atoms. The summed E-state index contributed by atoms with van der Waals surface area (Å²) in [4.78, 5) is 13.3. The zero-order valence-corrected chi connectivity index (χ0v) is 11.5. The van der Waals surface area contributed by atoms with Gasteiger partial charge in [0.05, 0.1) is 5.56 Å². The first-order valence-electron chi connectivity index (χ1n) is 6.75. The van der Waals surface area contributed by atoms with Gasteiger partial charge >= 0.3 is 5.97 Å². The van der Waals surface area contributed by atoms with Crippen molar-refractivity contribution in [2.24, 2.45) is 0 Å². The van der Waals surface area contributed by atoms with Crippen LogP contribution in [-0.2, 0) is 19.6 Å². The number of aromatic carboxylic acids is 1. The van der Waals surface area contributed by atoms with E-state index in [9.17, 15) is 4.79 Å². The van der Waals surface area contributed by atoms with E-state index in [1.54, 1.807) is 12.1 Å². The highest BCUT2D eigenvalue weighted by Crippen LogP contribution is 2.25. The van der Waals surface area contributed by atoms with Crippen molar-refractivity contribution in [3.05, 3.63) is 70.3 Å². The van der Waals surface area contributed by atoms with Crippen LogP contribution < -0.4 is 0 Å². The molecule has 3 nitrogen and oxygen atoms in total. The number of fused-ring (bicyclic) bond motifs is 1. The molecule has 0 aromatic heterocycles. The minimum atomic E-state index is -0.857. The maximum Gasteiger partial charge on any atom is 0.335 e.